The Hall–Kier alpha value is 0.0300. The first-order valence-corrected chi connectivity index (χ1v) is 3.57. The molecule has 0 amide bonds. The molecule has 4 nitrogen and oxygen atoms in total. The molecule has 0 aliphatic carbocycles. The highest BCUT2D eigenvalue weighted by Gasteiger charge is 2.27. The van der Waals surface area contributed by atoms with E-state index in [1.165, 1.54) is 0 Å². The Kier molecular flexibility index (Phi) is 1.85. The van der Waals surface area contributed by atoms with E-state index >= 15 is 0 Å². The summed E-state index contributed by atoms with van der Waals surface area (Å²) < 4.78 is 19.6. The van der Waals surface area contributed by atoms with E-state index in [2.05, 4.69) is 8.37 Å². The third-order valence-corrected chi connectivity index (χ3v) is 1.59. The van der Waals surface area contributed by atoms with E-state index in [1.54, 1.807) is 6.92 Å². The first kappa shape index (κ1) is 7.14. The molecular formula is C4H9NO3S. The van der Waals surface area contributed by atoms with Crippen LogP contribution >= 0.6 is 0 Å². The maximum absolute atomic E-state index is 10.4. The van der Waals surface area contributed by atoms with E-state index in [-0.39, 0.29) is 0 Å². The van der Waals surface area contributed by atoms with Gasteiger partial charge in [-0.05, 0) is 6.92 Å². The fourth-order valence-electron chi connectivity index (χ4n) is 0.441. The van der Waals surface area contributed by atoms with Crippen molar-refractivity contribution < 1.29 is 12.6 Å². The molecule has 0 bridgehead atoms. The van der Waals surface area contributed by atoms with E-state index in [1.807, 2.05) is 0 Å². The minimum atomic E-state index is -1.57. The average molecular weight is 151 g/mol. The van der Waals surface area contributed by atoms with Crippen LogP contribution in [0.5, 0.6) is 0 Å². The van der Waals surface area contributed by atoms with Gasteiger partial charge in [-0.3, -0.25) is 8.37 Å². The predicted octanol–water partition coefficient (Wildman–Crippen LogP) is -0.671. The van der Waals surface area contributed by atoms with Gasteiger partial charge < -0.3 is 5.73 Å². The van der Waals surface area contributed by atoms with E-state index < -0.39 is 16.9 Å². The third kappa shape index (κ3) is 2.02. The van der Waals surface area contributed by atoms with Crippen LogP contribution in [0.25, 0.3) is 0 Å². The van der Waals surface area contributed by atoms with Gasteiger partial charge in [0.05, 0.1) is 18.8 Å². The van der Waals surface area contributed by atoms with Gasteiger partial charge in [-0.25, -0.2) is 0 Å². The normalized spacial score (nSPS) is 44.9. The number of hydrogen-bond donors (Lipinski definition) is 1. The maximum atomic E-state index is 10.4. The standard InChI is InChI=1S/C4H9NO3S/c1-4(5)2-7-9(6)8-3-4/h2-3,5H2,1H3. The molecule has 0 saturated carbocycles. The van der Waals surface area contributed by atoms with Gasteiger partial charge in [-0.15, -0.1) is 0 Å². The summed E-state index contributed by atoms with van der Waals surface area (Å²) >= 11 is -1.57. The van der Waals surface area contributed by atoms with Gasteiger partial charge >= 0.3 is 11.4 Å². The second-order valence-corrected chi connectivity index (χ2v) is 3.26. The minimum Gasteiger partial charge on any atom is -0.321 e. The molecule has 1 saturated heterocycles. The van der Waals surface area contributed by atoms with Crippen molar-refractivity contribution in [2.45, 2.75) is 12.5 Å². The first-order valence-electron chi connectivity index (χ1n) is 2.57. The Morgan fingerprint density at radius 2 is 2.00 bits per heavy atom. The molecule has 0 aromatic carbocycles. The van der Waals surface area contributed by atoms with Crippen LogP contribution < -0.4 is 5.73 Å². The Morgan fingerprint density at radius 3 is 2.33 bits per heavy atom. The summed E-state index contributed by atoms with van der Waals surface area (Å²) in [6.45, 7) is 2.36. The van der Waals surface area contributed by atoms with Crippen LogP contribution in [0, 0.1) is 0 Å². The van der Waals surface area contributed by atoms with Crippen molar-refractivity contribution in [1.82, 2.24) is 0 Å². The lowest BCUT2D eigenvalue weighted by molar-refractivity contribution is 0.110. The average Bonchev–Trinajstić information content (AvgIpc) is 1.78. The van der Waals surface area contributed by atoms with E-state index in [0.717, 1.165) is 0 Å². The van der Waals surface area contributed by atoms with Gasteiger partial charge in [0.15, 0.2) is 0 Å². The summed E-state index contributed by atoms with van der Waals surface area (Å²) in [5.41, 5.74) is 5.08. The Balaban J connectivity index is 2.44. The van der Waals surface area contributed by atoms with Gasteiger partial charge in [0.25, 0.3) is 0 Å². The Labute approximate surface area is 56.2 Å². The molecule has 1 heterocycles. The third-order valence-electron chi connectivity index (χ3n) is 0.970. The second kappa shape index (κ2) is 2.34. The Bertz CT molecular complexity index is 124. The molecule has 0 aromatic heterocycles. The van der Waals surface area contributed by atoms with Gasteiger partial charge in [-0.2, -0.15) is 4.21 Å². The van der Waals surface area contributed by atoms with E-state index in [0.29, 0.717) is 13.2 Å². The van der Waals surface area contributed by atoms with Crippen LogP contribution in [0.15, 0.2) is 0 Å². The molecule has 0 spiro atoms. The summed E-state index contributed by atoms with van der Waals surface area (Å²) in [5, 5.41) is 0. The zero-order chi connectivity index (χ0) is 6.91. The molecule has 54 valence electrons. The van der Waals surface area contributed by atoms with Crippen LogP contribution in [-0.2, 0) is 19.7 Å². The van der Waals surface area contributed by atoms with Crippen molar-refractivity contribution in [3.63, 3.8) is 0 Å². The highest BCUT2D eigenvalue weighted by molar-refractivity contribution is 7.75. The molecule has 2 N–H and O–H groups in total. The van der Waals surface area contributed by atoms with Crippen LogP contribution in [0.1, 0.15) is 6.92 Å². The number of nitrogens with two attached hydrogens (primary N) is 1. The maximum Gasteiger partial charge on any atom is 0.304 e. The van der Waals surface area contributed by atoms with E-state index in [9.17, 15) is 4.21 Å². The quantitative estimate of drug-likeness (QED) is 0.498. The number of rotatable bonds is 0. The lowest BCUT2D eigenvalue weighted by atomic mass is 10.1. The molecule has 1 aliphatic rings. The topological polar surface area (TPSA) is 61.5 Å². The summed E-state index contributed by atoms with van der Waals surface area (Å²) in [4.78, 5) is 0. The number of hydrogen-bond acceptors (Lipinski definition) is 4. The van der Waals surface area contributed by atoms with Crippen LogP contribution in [0.4, 0.5) is 0 Å². The van der Waals surface area contributed by atoms with Crippen molar-refractivity contribution in [2.24, 2.45) is 5.73 Å². The molecule has 0 atom stereocenters. The van der Waals surface area contributed by atoms with Crippen LogP contribution in [-0.4, -0.2) is 23.0 Å². The highest BCUT2D eigenvalue weighted by atomic mass is 32.2. The first-order chi connectivity index (χ1) is 4.10. The molecule has 9 heavy (non-hydrogen) atoms. The summed E-state index contributed by atoms with van der Waals surface area (Å²) in [5.74, 6) is 0. The zero-order valence-corrected chi connectivity index (χ0v) is 5.94. The monoisotopic (exact) mass is 151 g/mol. The molecule has 1 fully saturated rings. The van der Waals surface area contributed by atoms with Gasteiger partial charge in [0.1, 0.15) is 0 Å². The SMILES string of the molecule is CC1(N)COS(=O)OC1. The fourth-order valence-corrected chi connectivity index (χ4v) is 1.24. The lowest BCUT2D eigenvalue weighted by Crippen LogP contribution is -2.49. The summed E-state index contributed by atoms with van der Waals surface area (Å²) in [7, 11) is 0. The molecule has 5 heteroatoms. The lowest BCUT2D eigenvalue weighted by Gasteiger charge is -2.26. The van der Waals surface area contributed by atoms with Crippen molar-refractivity contribution in [3.05, 3.63) is 0 Å². The molecule has 1 aliphatic heterocycles. The van der Waals surface area contributed by atoms with E-state index in [4.69, 9.17) is 5.73 Å². The van der Waals surface area contributed by atoms with Crippen molar-refractivity contribution >= 4 is 11.4 Å². The largest absolute Gasteiger partial charge is 0.321 e. The molecule has 1 rings (SSSR count). The van der Waals surface area contributed by atoms with Crippen molar-refractivity contribution in [3.8, 4) is 0 Å². The van der Waals surface area contributed by atoms with Crippen molar-refractivity contribution in [1.29, 1.82) is 0 Å². The molecule has 0 radical (unpaired) electrons. The molecular weight excluding hydrogens is 142 g/mol. The van der Waals surface area contributed by atoms with Crippen LogP contribution in [0.3, 0.4) is 0 Å². The zero-order valence-electron chi connectivity index (χ0n) is 5.12. The Morgan fingerprint density at radius 1 is 1.56 bits per heavy atom. The molecule has 0 unspecified atom stereocenters. The smallest absolute Gasteiger partial charge is 0.304 e. The second-order valence-electron chi connectivity index (χ2n) is 2.38. The highest BCUT2D eigenvalue weighted by Crippen LogP contribution is 2.09. The summed E-state index contributed by atoms with van der Waals surface area (Å²) in [6, 6.07) is 0. The predicted molar refractivity (Wildman–Crippen MR) is 32.6 cm³/mol. The van der Waals surface area contributed by atoms with Gasteiger partial charge in [-0.1, -0.05) is 0 Å². The molecule has 0 aromatic rings. The fraction of sp³-hybridized carbons (Fsp3) is 1.00. The van der Waals surface area contributed by atoms with Gasteiger partial charge in [0.2, 0.25) is 0 Å². The van der Waals surface area contributed by atoms with Crippen LogP contribution in [0.2, 0.25) is 0 Å². The minimum absolute atomic E-state index is 0.291. The van der Waals surface area contributed by atoms with Gasteiger partial charge in [0, 0.05) is 0 Å². The van der Waals surface area contributed by atoms with Crippen molar-refractivity contribution in [2.75, 3.05) is 13.2 Å². The summed E-state index contributed by atoms with van der Waals surface area (Å²) in [6.07, 6.45) is 0.